The molecule has 2 aliphatic rings. The number of carbonyl (C=O) groups is 1. The Morgan fingerprint density at radius 2 is 1.93 bits per heavy atom. The van der Waals surface area contributed by atoms with E-state index in [0.717, 1.165) is 29.8 Å². The number of hydrogen-bond acceptors (Lipinski definition) is 7. The highest BCUT2D eigenvalue weighted by Gasteiger charge is 2.34. The maximum Gasteiger partial charge on any atom is 0.257 e. The molecule has 0 saturated carbocycles. The van der Waals surface area contributed by atoms with E-state index in [1.807, 2.05) is 0 Å². The number of sulfonamides is 1. The summed E-state index contributed by atoms with van der Waals surface area (Å²) in [5, 5.41) is 11.6. The van der Waals surface area contributed by atoms with Gasteiger partial charge in [-0.3, -0.25) is 4.79 Å². The van der Waals surface area contributed by atoms with Gasteiger partial charge in [-0.2, -0.15) is 8.99 Å². The van der Waals surface area contributed by atoms with Crippen molar-refractivity contribution in [3.8, 4) is 5.00 Å². The van der Waals surface area contributed by atoms with E-state index >= 15 is 0 Å². The summed E-state index contributed by atoms with van der Waals surface area (Å²) in [5.41, 5.74) is 1.78. The van der Waals surface area contributed by atoms with Gasteiger partial charge in [-0.25, -0.2) is 8.42 Å². The number of aryl methyl sites for hydroxylation is 1. The summed E-state index contributed by atoms with van der Waals surface area (Å²) in [6.45, 7) is 4.81. The number of fused-ring (bicyclic) bond motifs is 1. The maximum absolute atomic E-state index is 13.3. The van der Waals surface area contributed by atoms with Crippen LogP contribution < -0.4 is 0 Å². The number of nitrogens with zero attached hydrogens (tertiary/aromatic N) is 6. The highest BCUT2D eigenvalue weighted by Crippen LogP contribution is 2.38. The topological polar surface area (TPSA) is 101 Å². The highest BCUT2D eigenvalue weighted by atomic mass is 32.2. The van der Waals surface area contributed by atoms with Gasteiger partial charge in [0.25, 0.3) is 5.91 Å². The summed E-state index contributed by atoms with van der Waals surface area (Å²) in [6.07, 6.45) is 4.42. The lowest BCUT2D eigenvalue weighted by Gasteiger charge is -2.35. The summed E-state index contributed by atoms with van der Waals surface area (Å²) in [6, 6.07) is 0. The van der Waals surface area contributed by atoms with Crippen molar-refractivity contribution in [2.24, 2.45) is 0 Å². The second-order valence-electron chi connectivity index (χ2n) is 7.08. The molecule has 2 aromatic rings. The van der Waals surface area contributed by atoms with Gasteiger partial charge in [-0.1, -0.05) is 0 Å². The van der Waals surface area contributed by atoms with Crippen LogP contribution in [0.15, 0.2) is 6.33 Å². The van der Waals surface area contributed by atoms with Crippen molar-refractivity contribution < 1.29 is 13.2 Å². The van der Waals surface area contributed by atoms with Crippen molar-refractivity contribution in [3.63, 3.8) is 0 Å². The Hall–Kier alpha value is -1.85. The molecular weight excluding hydrogens is 388 g/mol. The summed E-state index contributed by atoms with van der Waals surface area (Å²) < 4.78 is 27.7. The minimum absolute atomic E-state index is 0.0542. The van der Waals surface area contributed by atoms with Crippen LogP contribution in [0, 0.1) is 0 Å². The molecule has 3 heterocycles. The van der Waals surface area contributed by atoms with Crippen LogP contribution in [0.5, 0.6) is 0 Å². The van der Waals surface area contributed by atoms with E-state index in [1.54, 1.807) is 34.8 Å². The molecule has 1 aliphatic carbocycles. The molecule has 0 aromatic carbocycles. The highest BCUT2D eigenvalue weighted by molar-refractivity contribution is 7.89. The predicted molar refractivity (Wildman–Crippen MR) is 101 cm³/mol. The van der Waals surface area contributed by atoms with E-state index < -0.39 is 15.3 Å². The van der Waals surface area contributed by atoms with E-state index in [-0.39, 0.29) is 5.91 Å². The lowest BCUT2D eigenvalue weighted by Crippen LogP contribution is -2.52. The van der Waals surface area contributed by atoms with E-state index in [0.29, 0.717) is 31.7 Å². The van der Waals surface area contributed by atoms with Crippen molar-refractivity contribution >= 4 is 27.3 Å². The number of thiophene rings is 1. The first-order valence-corrected chi connectivity index (χ1v) is 11.4. The molecule has 2 aromatic heterocycles. The van der Waals surface area contributed by atoms with Crippen LogP contribution in [0.3, 0.4) is 0 Å². The van der Waals surface area contributed by atoms with Crippen LogP contribution in [0.25, 0.3) is 5.00 Å². The van der Waals surface area contributed by atoms with Gasteiger partial charge < -0.3 is 4.90 Å². The second kappa shape index (κ2) is 6.95. The smallest absolute Gasteiger partial charge is 0.257 e. The molecule has 0 unspecified atom stereocenters. The molecule has 1 amide bonds. The van der Waals surface area contributed by atoms with Crippen molar-refractivity contribution in [2.75, 3.05) is 26.2 Å². The number of piperazine rings is 1. The second-order valence-corrected chi connectivity index (χ2v) is 10.6. The average Bonchev–Trinajstić information content (AvgIpc) is 3.37. The molecule has 1 saturated heterocycles. The van der Waals surface area contributed by atoms with E-state index in [9.17, 15) is 13.2 Å². The Morgan fingerprint density at radius 1 is 1.19 bits per heavy atom. The van der Waals surface area contributed by atoms with Crippen molar-refractivity contribution in [1.82, 2.24) is 29.4 Å². The van der Waals surface area contributed by atoms with Gasteiger partial charge in [0.15, 0.2) is 0 Å². The quantitative estimate of drug-likeness (QED) is 0.736. The number of amides is 1. The van der Waals surface area contributed by atoms with Gasteiger partial charge in [0.05, 0.1) is 10.8 Å². The minimum Gasteiger partial charge on any atom is -0.336 e. The first kappa shape index (κ1) is 18.5. The number of hydrogen-bond donors (Lipinski definition) is 0. The summed E-state index contributed by atoms with van der Waals surface area (Å²) in [7, 11) is -3.29. The fourth-order valence-electron chi connectivity index (χ4n) is 3.63. The fraction of sp³-hybridized carbons (Fsp3) is 0.625. The molecule has 146 valence electrons. The van der Waals surface area contributed by atoms with Gasteiger partial charge >= 0.3 is 0 Å². The zero-order valence-corrected chi connectivity index (χ0v) is 17.0. The van der Waals surface area contributed by atoms with Gasteiger partial charge in [-0.05, 0) is 49.1 Å². The number of carbonyl (C=O) groups excluding carboxylic acids is 1. The summed E-state index contributed by atoms with van der Waals surface area (Å²) in [5.74, 6) is -0.0542. The molecule has 0 N–H and O–H groups in total. The van der Waals surface area contributed by atoms with Crippen LogP contribution in [-0.2, 0) is 22.9 Å². The number of rotatable bonds is 4. The van der Waals surface area contributed by atoms with Crippen LogP contribution in [0.2, 0.25) is 0 Å². The fourth-order valence-corrected chi connectivity index (χ4v) is 6.19. The van der Waals surface area contributed by atoms with Crippen molar-refractivity contribution in [1.29, 1.82) is 0 Å². The monoisotopic (exact) mass is 410 g/mol. The first-order valence-electron chi connectivity index (χ1n) is 9.05. The molecule has 0 spiro atoms. The predicted octanol–water partition coefficient (Wildman–Crippen LogP) is 0.708. The van der Waals surface area contributed by atoms with Gasteiger partial charge in [0, 0.05) is 31.1 Å². The molecule has 11 heteroatoms. The first-order chi connectivity index (χ1) is 12.9. The van der Waals surface area contributed by atoms with Gasteiger partial charge in [0.2, 0.25) is 10.0 Å². The van der Waals surface area contributed by atoms with Crippen LogP contribution >= 0.6 is 11.3 Å². The number of tetrazole rings is 1. The Balaban J connectivity index is 1.58. The third-order valence-corrected chi connectivity index (χ3v) is 8.71. The molecule has 9 nitrogen and oxygen atoms in total. The third kappa shape index (κ3) is 3.17. The standard InChI is InChI=1S/C16H22N6O3S2/c1-11(2)27(24,25)21-8-6-20(7-9-21)15(23)14-12-4-3-5-13(12)26-16(14)22-10-17-18-19-22/h10-11H,3-9H2,1-2H3. The zero-order chi connectivity index (χ0) is 19.2. The van der Waals surface area contributed by atoms with Crippen LogP contribution in [-0.4, -0.2) is 75.2 Å². The van der Waals surface area contributed by atoms with Crippen molar-refractivity contribution in [3.05, 3.63) is 22.3 Å². The molecule has 0 radical (unpaired) electrons. The molecule has 0 atom stereocenters. The Kier molecular flexibility index (Phi) is 4.77. The van der Waals surface area contributed by atoms with Crippen molar-refractivity contribution in [2.45, 2.75) is 38.4 Å². The average molecular weight is 411 g/mol. The molecule has 27 heavy (non-hydrogen) atoms. The molecule has 1 fully saturated rings. The van der Waals surface area contributed by atoms with Gasteiger partial charge in [-0.15, -0.1) is 16.4 Å². The number of aromatic nitrogens is 4. The minimum atomic E-state index is -3.29. The maximum atomic E-state index is 13.3. The van der Waals surface area contributed by atoms with E-state index in [2.05, 4.69) is 15.5 Å². The normalized spacial score (nSPS) is 18.3. The van der Waals surface area contributed by atoms with E-state index in [1.165, 1.54) is 15.5 Å². The molecular formula is C16H22N6O3S2. The Bertz CT molecular complexity index is 943. The Labute approximate surface area is 162 Å². The third-order valence-electron chi connectivity index (χ3n) is 5.16. The zero-order valence-electron chi connectivity index (χ0n) is 15.3. The Morgan fingerprint density at radius 3 is 2.56 bits per heavy atom. The van der Waals surface area contributed by atoms with E-state index in [4.69, 9.17) is 0 Å². The van der Waals surface area contributed by atoms with Gasteiger partial charge in [0.1, 0.15) is 11.3 Å². The SMILES string of the molecule is CC(C)S(=O)(=O)N1CCN(C(=O)c2c(-n3cnnn3)sc3c2CCC3)CC1. The summed E-state index contributed by atoms with van der Waals surface area (Å²) in [4.78, 5) is 16.3. The molecule has 0 bridgehead atoms. The molecule has 1 aliphatic heterocycles. The largest absolute Gasteiger partial charge is 0.336 e. The lowest BCUT2D eigenvalue weighted by molar-refractivity contribution is 0.0697. The summed E-state index contributed by atoms with van der Waals surface area (Å²) >= 11 is 1.57. The molecule has 4 rings (SSSR count). The lowest BCUT2D eigenvalue weighted by atomic mass is 10.1. The van der Waals surface area contributed by atoms with Crippen LogP contribution in [0.1, 0.15) is 41.1 Å². The van der Waals surface area contributed by atoms with Crippen LogP contribution in [0.4, 0.5) is 0 Å².